The zero-order valence-corrected chi connectivity index (χ0v) is 14.0. The molecule has 4 aliphatic carbocycles. The first-order chi connectivity index (χ1) is 10.3. The first kappa shape index (κ1) is 15.4. The molecule has 2 nitrogen and oxygen atoms in total. The molecule has 0 heterocycles. The van der Waals surface area contributed by atoms with Crippen molar-refractivity contribution in [3.63, 3.8) is 0 Å². The number of halogens is 1. The monoisotopic (exact) mass is 310 g/mol. The van der Waals surface area contributed by atoms with Crippen molar-refractivity contribution < 1.29 is 14.6 Å². The molecule has 4 rings (SSSR count). The van der Waals surface area contributed by atoms with Crippen LogP contribution in [0.25, 0.3) is 0 Å². The summed E-state index contributed by atoms with van der Waals surface area (Å²) in [7, 11) is 0. The maximum absolute atomic E-state index is 14.7. The van der Waals surface area contributed by atoms with Crippen molar-refractivity contribution in [1.82, 2.24) is 0 Å². The van der Waals surface area contributed by atoms with Crippen molar-refractivity contribution in [2.75, 3.05) is 0 Å². The third-order valence-electron chi connectivity index (χ3n) is 8.67. The Bertz CT molecular complexity index is 464. The molecule has 0 aliphatic heterocycles. The fraction of sp³-hybridized carbons (Fsp3) is 1.00. The molecule has 0 aromatic rings. The minimum Gasteiger partial charge on any atom is -0.393 e. The van der Waals surface area contributed by atoms with E-state index in [1.807, 2.05) is 6.92 Å². The van der Waals surface area contributed by atoms with Crippen LogP contribution in [-0.4, -0.2) is 22.2 Å². The van der Waals surface area contributed by atoms with Gasteiger partial charge in [-0.05, 0) is 74.0 Å². The van der Waals surface area contributed by atoms with Crippen LogP contribution in [0.5, 0.6) is 0 Å². The van der Waals surface area contributed by atoms with E-state index >= 15 is 0 Å². The number of aliphatic hydroxyl groups is 2. The van der Waals surface area contributed by atoms with E-state index in [1.54, 1.807) is 0 Å². The Labute approximate surface area is 133 Å². The highest BCUT2D eigenvalue weighted by Crippen LogP contribution is 2.68. The highest BCUT2D eigenvalue weighted by Gasteiger charge is 2.65. The van der Waals surface area contributed by atoms with E-state index in [-0.39, 0.29) is 11.5 Å². The van der Waals surface area contributed by atoms with Gasteiger partial charge >= 0.3 is 0 Å². The average Bonchev–Trinajstić information content (AvgIpc) is 2.69. The van der Waals surface area contributed by atoms with Crippen molar-refractivity contribution in [2.24, 2.45) is 34.5 Å². The van der Waals surface area contributed by atoms with Gasteiger partial charge in [-0.1, -0.05) is 20.3 Å². The van der Waals surface area contributed by atoms with Crippen molar-refractivity contribution in [3.05, 3.63) is 0 Å². The van der Waals surface area contributed by atoms with Crippen molar-refractivity contribution in [3.8, 4) is 0 Å². The number of fused-ring (bicyclic) bond motifs is 5. The van der Waals surface area contributed by atoms with E-state index in [0.29, 0.717) is 30.1 Å². The van der Waals surface area contributed by atoms with Gasteiger partial charge in [0.15, 0.2) is 0 Å². The molecule has 4 aliphatic rings. The first-order valence-electron chi connectivity index (χ1n) is 9.39. The quantitative estimate of drug-likeness (QED) is 0.708. The molecule has 22 heavy (non-hydrogen) atoms. The van der Waals surface area contributed by atoms with E-state index in [9.17, 15) is 14.6 Å². The summed E-state index contributed by atoms with van der Waals surface area (Å²) in [6.07, 6.45) is 8.40. The average molecular weight is 310 g/mol. The lowest BCUT2D eigenvalue weighted by molar-refractivity contribution is -0.212. The molecular weight excluding hydrogens is 279 g/mol. The maximum Gasteiger partial charge on any atom is 0.212 e. The molecule has 0 aromatic heterocycles. The molecule has 0 bridgehead atoms. The third-order valence-corrected chi connectivity index (χ3v) is 8.67. The molecule has 0 spiro atoms. The Balaban J connectivity index is 1.66. The minimum atomic E-state index is -1.97. The summed E-state index contributed by atoms with van der Waals surface area (Å²) in [5.74, 6) is -0.0224. The molecule has 126 valence electrons. The Kier molecular flexibility index (Phi) is 3.28. The van der Waals surface area contributed by atoms with Crippen LogP contribution in [0.4, 0.5) is 4.39 Å². The topological polar surface area (TPSA) is 40.5 Å². The largest absolute Gasteiger partial charge is 0.393 e. The summed E-state index contributed by atoms with van der Waals surface area (Å²) in [5, 5.41) is 20.8. The third kappa shape index (κ3) is 1.79. The molecule has 3 heteroatoms. The van der Waals surface area contributed by atoms with Gasteiger partial charge in [0.25, 0.3) is 0 Å². The molecule has 8 atom stereocenters. The molecule has 4 saturated carbocycles. The van der Waals surface area contributed by atoms with Crippen LogP contribution in [0.1, 0.15) is 71.6 Å². The standard InChI is InChI=1S/C19H31FO2/c1-17-9-3-4-16(21)15(17)6-5-12-13(17)7-10-18(2)14(12)8-11-19(18,20)22/h12-16,21-22H,3-11H2,1-2H3/t12-,13-,14+,15?,16?,17-,18+,19?/m1/s1. The Morgan fingerprint density at radius 3 is 2.36 bits per heavy atom. The van der Waals surface area contributed by atoms with Crippen LogP contribution in [0, 0.1) is 34.5 Å². The van der Waals surface area contributed by atoms with E-state index in [4.69, 9.17) is 0 Å². The lowest BCUT2D eigenvalue weighted by atomic mass is 9.45. The number of hydrogen-bond donors (Lipinski definition) is 2. The van der Waals surface area contributed by atoms with E-state index < -0.39 is 11.3 Å². The summed E-state index contributed by atoms with van der Waals surface area (Å²) >= 11 is 0. The predicted molar refractivity (Wildman–Crippen MR) is 83.8 cm³/mol. The van der Waals surface area contributed by atoms with Gasteiger partial charge < -0.3 is 10.2 Å². The zero-order valence-electron chi connectivity index (χ0n) is 14.0. The molecule has 0 radical (unpaired) electrons. The van der Waals surface area contributed by atoms with Crippen LogP contribution >= 0.6 is 0 Å². The number of alkyl halides is 1. The molecule has 0 amide bonds. The summed E-state index contributed by atoms with van der Waals surface area (Å²) < 4.78 is 14.7. The zero-order chi connectivity index (χ0) is 15.8. The van der Waals surface area contributed by atoms with E-state index in [0.717, 1.165) is 44.9 Å². The predicted octanol–water partition coefficient (Wildman–Crippen LogP) is 4.05. The van der Waals surface area contributed by atoms with Gasteiger partial charge in [0.1, 0.15) is 0 Å². The Morgan fingerprint density at radius 1 is 0.864 bits per heavy atom. The van der Waals surface area contributed by atoms with Gasteiger partial charge in [-0.2, -0.15) is 0 Å². The van der Waals surface area contributed by atoms with Crippen molar-refractivity contribution >= 4 is 0 Å². The number of rotatable bonds is 0. The second-order valence-corrected chi connectivity index (χ2v) is 9.28. The summed E-state index contributed by atoms with van der Waals surface area (Å²) in [6.45, 7) is 4.39. The van der Waals surface area contributed by atoms with Gasteiger partial charge in [0.05, 0.1) is 6.10 Å². The van der Waals surface area contributed by atoms with Gasteiger partial charge in [-0.3, -0.25) is 0 Å². The number of aliphatic hydroxyl groups excluding tert-OH is 1. The highest BCUT2D eigenvalue weighted by atomic mass is 19.2. The number of hydrogen-bond acceptors (Lipinski definition) is 2. The molecule has 2 N–H and O–H groups in total. The fourth-order valence-electron chi connectivity index (χ4n) is 7.34. The second kappa shape index (κ2) is 4.69. The molecule has 0 aromatic carbocycles. The van der Waals surface area contributed by atoms with Crippen molar-refractivity contribution in [1.29, 1.82) is 0 Å². The van der Waals surface area contributed by atoms with Gasteiger partial charge in [-0.15, -0.1) is 0 Å². The van der Waals surface area contributed by atoms with Crippen LogP contribution < -0.4 is 0 Å². The summed E-state index contributed by atoms with van der Waals surface area (Å²) in [5.41, 5.74) is -0.302. The SMILES string of the molecule is C[C@]12CCCC(O)C1CC[C@@H]1[C@H]2CC[C@@]2(C)[C@H]1CCC2(O)F. The van der Waals surface area contributed by atoms with Crippen LogP contribution in [-0.2, 0) is 0 Å². The minimum absolute atomic E-state index is 0.130. The smallest absolute Gasteiger partial charge is 0.212 e. The van der Waals surface area contributed by atoms with Gasteiger partial charge in [0.2, 0.25) is 5.85 Å². The Morgan fingerprint density at radius 2 is 1.59 bits per heavy atom. The van der Waals surface area contributed by atoms with Crippen LogP contribution in [0.2, 0.25) is 0 Å². The molecule has 4 fully saturated rings. The lowest BCUT2D eigenvalue weighted by Gasteiger charge is -2.61. The van der Waals surface area contributed by atoms with Gasteiger partial charge in [0, 0.05) is 11.8 Å². The maximum atomic E-state index is 14.7. The lowest BCUT2D eigenvalue weighted by Crippen LogP contribution is -2.57. The summed E-state index contributed by atoms with van der Waals surface area (Å²) in [6, 6.07) is 0. The van der Waals surface area contributed by atoms with Crippen LogP contribution in [0.3, 0.4) is 0 Å². The first-order valence-corrected chi connectivity index (χ1v) is 9.39. The van der Waals surface area contributed by atoms with Crippen molar-refractivity contribution in [2.45, 2.75) is 83.6 Å². The molecule has 0 saturated heterocycles. The Hall–Kier alpha value is -0.150. The molecular formula is C19H31FO2. The highest BCUT2D eigenvalue weighted by molar-refractivity contribution is 5.11. The van der Waals surface area contributed by atoms with Gasteiger partial charge in [-0.25, -0.2) is 4.39 Å². The second-order valence-electron chi connectivity index (χ2n) is 9.28. The van der Waals surface area contributed by atoms with E-state index in [1.165, 1.54) is 6.42 Å². The molecule has 3 unspecified atom stereocenters. The van der Waals surface area contributed by atoms with Crippen LogP contribution in [0.15, 0.2) is 0 Å². The fourth-order valence-corrected chi connectivity index (χ4v) is 7.34. The normalized spacial score (nSPS) is 61.2. The van der Waals surface area contributed by atoms with E-state index in [2.05, 4.69) is 6.92 Å². The summed E-state index contributed by atoms with van der Waals surface area (Å²) in [4.78, 5) is 0.